The predicted molar refractivity (Wildman–Crippen MR) is 135 cm³/mol. The number of carbonyl (C=O) groups is 1. The Hall–Kier alpha value is -2.55. The number of hydrogen-bond donors (Lipinski definition) is 0. The van der Waals surface area contributed by atoms with Crippen LogP contribution < -0.4 is 19.1 Å². The number of rotatable bonds is 11. The van der Waals surface area contributed by atoms with E-state index in [0.717, 1.165) is 4.70 Å². The molecule has 0 aliphatic heterocycles. The number of ether oxygens (including phenoxy) is 3. The Morgan fingerprint density at radius 1 is 1.00 bits per heavy atom. The number of hydrogen-bond acceptors (Lipinski definition) is 7. The summed E-state index contributed by atoms with van der Waals surface area (Å²) in [6.07, 6.45) is 0. The molecule has 3 aromatic rings. The molecule has 0 radical (unpaired) electrons. The van der Waals surface area contributed by atoms with Gasteiger partial charge < -0.3 is 19.1 Å². The summed E-state index contributed by atoms with van der Waals surface area (Å²) in [6, 6.07) is 9.06. The summed E-state index contributed by atoms with van der Waals surface area (Å²) in [6.45, 7) is 8.12. The van der Waals surface area contributed by atoms with Crippen LogP contribution in [0.15, 0.2) is 30.3 Å². The lowest BCUT2D eigenvalue weighted by molar-refractivity contribution is 0.0984. The standard InChI is InChI=1S/C24H30ClN3O4S/c1-6-30-18-14-16(15-19(31-7-2)22(18)32-8-3)23(29)28(13-12-27(4)5)24-26-21-17(25)10-9-11-20(21)33-24/h9-11,14-15H,6-8,12-13H2,1-5H3. The van der Waals surface area contributed by atoms with E-state index < -0.39 is 0 Å². The van der Waals surface area contributed by atoms with Crippen molar-refractivity contribution in [3.63, 3.8) is 0 Å². The quantitative estimate of drug-likeness (QED) is 0.360. The van der Waals surface area contributed by atoms with Crippen LogP contribution in [-0.2, 0) is 0 Å². The van der Waals surface area contributed by atoms with E-state index in [0.29, 0.717) is 71.4 Å². The highest BCUT2D eigenvalue weighted by Gasteiger charge is 2.25. The van der Waals surface area contributed by atoms with Gasteiger partial charge in [-0.25, -0.2) is 4.98 Å². The molecule has 1 amide bonds. The van der Waals surface area contributed by atoms with E-state index in [1.807, 2.05) is 51.9 Å². The lowest BCUT2D eigenvalue weighted by Crippen LogP contribution is -2.36. The molecular weight excluding hydrogens is 462 g/mol. The normalized spacial score (nSPS) is 11.1. The molecule has 0 unspecified atom stereocenters. The molecule has 7 nitrogen and oxygen atoms in total. The first-order chi connectivity index (χ1) is 15.9. The van der Waals surface area contributed by atoms with Crippen LogP contribution in [0.5, 0.6) is 17.2 Å². The number of nitrogens with zero attached hydrogens (tertiary/aromatic N) is 3. The van der Waals surface area contributed by atoms with Gasteiger partial charge in [0, 0.05) is 18.7 Å². The van der Waals surface area contributed by atoms with Crippen LogP contribution in [0.4, 0.5) is 5.13 Å². The number of anilines is 1. The van der Waals surface area contributed by atoms with E-state index in [1.54, 1.807) is 23.1 Å². The van der Waals surface area contributed by atoms with Crippen molar-refractivity contribution >= 4 is 44.2 Å². The second-order valence-corrected chi connectivity index (χ2v) is 8.86. The molecule has 178 valence electrons. The smallest absolute Gasteiger partial charge is 0.260 e. The first-order valence-corrected chi connectivity index (χ1v) is 12.2. The maximum atomic E-state index is 13.8. The highest BCUT2D eigenvalue weighted by Crippen LogP contribution is 2.40. The zero-order valence-electron chi connectivity index (χ0n) is 19.7. The minimum atomic E-state index is -0.197. The van der Waals surface area contributed by atoms with Gasteiger partial charge in [0.2, 0.25) is 5.75 Å². The molecule has 0 saturated carbocycles. The molecule has 1 heterocycles. The fourth-order valence-corrected chi connectivity index (χ4v) is 4.56. The summed E-state index contributed by atoms with van der Waals surface area (Å²) >= 11 is 7.78. The fourth-order valence-electron chi connectivity index (χ4n) is 3.27. The molecule has 1 aromatic heterocycles. The molecule has 0 spiro atoms. The first kappa shape index (κ1) is 25.1. The Kier molecular flexibility index (Phi) is 8.77. The van der Waals surface area contributed by atoms with Gasteiger partial charge in [0.1, 0.15) is 5.52 Å². The second-order valence-electron chi connectivity index (χ2n) is 7.44. The van der Waals surface area contributed by atoms with Crippen LogP contribution in [0.25, 0.3) is 10.2 Å². The summed E-state index contributed by atoms with van der Waals surface area (Å²) in [5, 5.41) is 1.16. The van der Waals surface area contributed by atoms with Crippen molar-refractivity contribution in [3.8, 4) is 17.2 Å². The number of aromatic nitrogens is 1. The van der Waals surface area contributed by atoms with Gasteiger partial charge in [0.05, 0.1) is 29.5 Å². The third kappa shape index (κ3) is 5.88. The molecule has 0 bridgehead atoms. The summed E-state index contributed by atoms with van der Waals surface area (Å²) in [4.78, 5) is 22.2. The van der Waals surface area contributed by atoms with Crippen molar-refractivity contribution in [1.29, 1.82) is 0 Å². The van der Waals surface area contributed by atoms with E-state index in [-0.39, 0.29) is 5.91 Å². The van der Waals surface area contributed by atoms with Gasteiger partial charge >= 0.3 is 0 Å². The Balaban J connectivity index is 2.08. The Labute approximate surface area is 203 Å². The number of likely N-dealkylation sites (N-methyl/N-ethyl adjacent to an activating group) is 1. The van der Waals surface area contributed by atoms with Gasteiger partial charge in [-0.15, -0.1) is 0 Å². The first-order valence-electron chi connectivity index (χ1n) is 11.0. The molecule has 3 rings (SSSR count). The highest BCUT2D eigenvalue weighted by molar-refractivity contribution is 7.22. The monoisotopic (exact) mass is 491 g/mol. The average molecular weight is 492 g/mol. The van der Waals surface area contributed by atoms with E-state index in [4.69, 9.17) is 25.8 Å². The third-order valence-electron chi connectivity index (χ3n) is 4.76. The minimum absolute atomic E-state index is 0.197. The maximum Gasteiger partial charge on any atom is 0.260 e. The largest absolute Gasteiger partial charge is 0.490 e. The molecule has 0 aliphatic rings. The summed E-state index contributed by atoms with van der Waals surface area (Å²) in [5.74, 6) is 1.27. The summed E-state index contributed by atoms with van der Waals surface area (Å²) in [7, 11) is 3.93. The fraction of sp³-hybridized carbons (Fsp3) is 0.417. The highest BCUT2D eigenvalue weighted by atomic mass is 35.5. The van der Waals surface area contributed by atoms with Gasteiger partial charge in [-0.05, 0) is 59.1 Å². The van der Waals surface area contributed by atoms with E-state index in [2.05, 4.69) is 4.98 Å². The average Bonchev–Trinajstić information content (AvgIpc) is 3.21. The van der Waals surface area contributed by atoms with Crippen LogP contribution in [0.3, 0.4) is 0 Å². The topological polar surface area (TPSA) is 64.1 Å². The van der Waals surface area contributed by atoms with Crippen LogP contribution in [0, 0.1) is 0 Å². The molecule has 0 aliphatic carbocycles. The summed E-state index contributed by atoms with van der Waals surface area (Å²) < 4.78 is 18.3. The van der Waals surface area contributed by atoms with Crippen LogP contribution in [0.2, 0.25) is 5.02 Å². The van der Waals surface area contributed by atoms with E-state index in [9.17, 15) is 4.79 Å². The maximum absolute atomic E-state index is 13.8. The van der Waals surface area contributed by atoms with E-state index in [1.165, 1.54) is 11.3 Å². The molecular formula is C24H30ClN3O4S. The van der Waals surface area contributed by atoms with Gasteiger partial charge in [-0.2, -0.15) is 0 Å². The number of para-hydroxylation sites is 1. The van der Waals surface area contributed by atoms with Crippen LogP contribution >= 0.6 is 22.9 Å². The Morgan fingerprint density at radius 2 is 1.64 bits per heavy atom. The van der Waals surface area contributed by atoms with Crippen molar-refractivity contribution < 1.29 is 19.0 Å². The predicted octanol–water partition coefficient (Wildman–Crippen LogP) is 5.35. The number of thiazole rings is 1. The van der Waals surface area contributed by atoms with Crippen LogP contribution in [0.1, 0.15) is 31.1 Å². The van der Waals surface area contributed by atoms with Crippen molar-refractivity contribution in [2.75, 3.05) is 51.9 Å². The summed E-state index contributed by atoms with van der Waals surface area (Å²) in [5.41, 5.74) is 1.13. The van der Waals surface area contributed by atoms with Crippen LogP contribution in [-0.4, -0.2) is 62.8 Å². The lowest BCUT2D eigenvalue weighted by atomic mass is 10.1. The van der Waals surface area contributed by atoms with Gasteiger partial charge in [0.15, 0.2) is 16.6 Å². The van der Waals surface area contributed by atoms with Crippen molar-refractivity contribution in [1.82, 2.24) is 9.88 Å². The number of fused-ring (bicyclic) bond motifs is 1. The zero-order valence-corrected chi connectivity index (χ0v) is 21.3. The number of carbonyl (C=O) groups excluding carboxylic acids is 1. The number of halogens is 1. The second kappa shape index (κ2) is 11.5. The van der Waals surface area contributed by atoms with Gasteiger partial charge in [0.25, 0.3) is 5.91 Å². The molecule has 9 heteroatoms. The zero-order chi connectivity index (χ0) is 24.0. The molecule has 0 atom stereocenters. The molecule has 0 saturated heterocycles. The molecule has 33 heavy (non-hydrogen) atoms. The SMILES string of the molecule is CCOc1cc(C(=O)N(CCN(C)C)c2nc3c(Cl)cccc3s2)cc(OCC)c1OCC. The van der Waals surface area contributed by atoms with Crippen molar-refractivity contribution in [2.24, 2.45) is 0 Å². The Bertz CT molecular complexity index is 1080. The van der Waals surface area contributed by atoms with Crippen molar-refractivity contribution in [3.05, 3.63) is 40.9 Å². The minimum Gasteiger partial charge on any atom is -0.490 e. The lowest BCUT2D eigenvalue weighted by Gasteiger charge is -2.23. The van der Waals surface area contributed by atoms with Gasteiger partial charge in [-0.1, -0.05) is 29.0 Å². The van der Waals surface area contributed by atoms with Gasteiger partial charge in [-0.3, -0.25) is 9.69 Å². The number of benzene rings is 2. The molecule has 2 aromatic carbocycles. The molecule has 0 fully saturated rings. The molecule has 0 N–H and O–H groups in total. The number of amides is 1. The Morgan fingerprint density at radius 3 is 2.18 bits per heavy atom. The third-order valence-corrected chi connectivity index (χ3v) is 6.11. The van der Waals surface area contributed by atoms with Crippen molar-refractivity contribution in [2.45, 2.75) is 20.8 Å². The van der Waals surface area contributed by atoms with E-state index >= 15 is 0 Å².